The van der Waals surface area contributed by atoms with Crippen LogP contribution in [0.25, 0.3) is 0 Å². The Morgan fingerprint density at radius 1 is 1.28 bits per heavy atom. The van der Waals surface area contributed by atoms with E-state index in [1.54, 1.807) is 13.0 Å². The van der Waals surface area contributed by atoms with Gasteiger partial charge in [0.1, 0.15) is 10.8 Å². The number of fused-ring (bicyclic) bond motifs is 1. The van der Waals surface area contributed by atoms with E-state index in [4.69, 9.17) is 4.74 Å². The van der Waals surface area contributed by atoms with E-state index in [2.05, 4.69) is 5.32 Å². The molecule has 25 heavy (non-hydrogen) atoms. The first-order chi connectivity index (χ1) is 12.0. The molecule has 0 atom stereocenters. The molecule has 0 fully saturated rings. The highest BCUT2D eigenvalue weighted by Crippen LogP contribution is 2.38. The second kappa shape index (κ2) is 7.14. The van der Waals surface area contributed by atoms with Crippen molar-refractivity contribution >= 4 is 34.0 Å². The zero-order valence-electron chi connectivity index (χ0n) is 13.6. The highest BCUT2D eigenvalue weighted by atomic mass is 32.1. The van der Waals surface area contributed by atoms with Crippen LogP contribution in [0.1, 0.15) is 55.7 Å². The fourth-order valence-electron chi connectivity index (χ4n) is 2.79. The normalized spacial score (nSPS) is 13.3. The smallest absolute Gasteiger partial charge is 0.341 e. The number of amides is 1. The first kappa shape index (κ1) is 17.3. The van der Waals surface area contributed by atoms with Gasteiger partial charge in [-0.15, -0.1) is 11.3 Å². The number of thiophene rings is 1. The van der Waals surface area contributed by atoms with Crippen molar-refractivity contribution in [2.24, 2.45) is 0 Å². The summed E-state index contributed by atoms with van der Waals surface area (Å²) in [7, 11) is 0. The van der Waals surface area contributed by atoms with Gasteiger partial charge in [0.05, 0.1) is 22.6 Å². The number of hydrogen-bond donors (Lipinski definition) is 1. The molecule has 0 aliphatic heterocycles. The van der Waals surface area contributed by atoms with Gasteiger partial charge in [0.2, 0.25) is 0 Å². The molecule has 0 bridgehead atoms. The molecular weight excluding hydrogens is 345 g/mol. The quantitative estimate of drug-likeness (QED) is 0.840. The number of halogens is 1. The summed E-state index contributed by atoms with van der Waals surface area (Å²) in [5.74, 6) is -1.97. The van der Waals surface area contributed by atoms with Crippen molar-refractivity contribution in [3.8, 4) is 0 Å². The summed E-state index contributed by atoms with van der Waals surface area (Å²) in [5.41, 5.74) is 0.693. The van der Waals surface area contributed by atoms with Crippen LogP contribution in [0.2, 0.25) is 0 Å². The van der Waals surface area contributed by atoms with Gasteiger partial charge in [0.15, 0.2) is 5.78 Å². The Hall–Kier alpha value is -2.54. The molecule has 7 heteroatoms. The lowest BCUT2D eigenvalue weighted by atomic mass is 9.94. The lowest BCUT2D eigenvalue weighted by Crippen LogP contribution is -2.17. The summed E-state index contributed by atoms with van der Waals surface area (Å²) in [6, 6.07) is 5.57. The average Bonchev–Trinajstić information content (AvgIpc) is 2.95. The molecule has 1 heterocycles. The van der Waals surface area contributed by atoms with Crippen molar-refractivity contribution in [1.29, 1.82) is 0 Å². The maximum absolute atomic E-state index is 13.8. The molecule has 3 rings (SSSR count). The van der Waals surface area contributed by atoms with Gasteiger partial charge in [0.25, 0.3) is 5.91 Å². The molecule has 0 unspecified atom stereocenters. The van der Waals surface area contributed by atoms with E-state index in [1.807, 2.05) is 0 Å². The van der Waals surface area contributed by atoms with Crippen molar-refractivity contribution in [2.75, 3.05) is 11.9 Å². The summed E-state index contributed by atoms with van der Waals surface area (Å²) < 4.78 is 18.9. The van der Waals surface area contributed by atoms with Crippen LogP contribution in [0.15, 0.2) is 24.3 Å². The Morgan fingerprint density at radius 2 is 2.04 bits per heavy atom. The van der Waals surface area contributed by atoms with Crippen molar-refractivity contribution in [2.45, 2.75) is 26.2 Å². The van der Waals surface area contributed by atoms with Crippen molar-refractivity contribution in [3.05, 3.63) is 51.7 Å². The molecule has 1 aromatic carbocycles. The van der Waals surface area contributed by atoms with Crippen LogP contribution in [0.5, 0.6) is 0 Å². The third-order valence-corrected chi connectivity index (χ3v) is 5.10. The van der Waals surface area contributed by atoms with Crippen LogP contribution in [0, 0.1) is 5.82 Å². The van der Waals surface area contributed by atoms with Crippen LogP contribution in [0.3, 0.4) is 0 Å². The number of ether oxygens (including phenoxy) is 1. The predicted molar refractivity (Wildman–Crippen MR) is 91.9 cm³/mol. The van der Waals surface area contributed by atoms with Crippen molar-refractivity contribution in [3.63, 3.8) is 0 Å². The summed E-state index contributed by atoms with van der Waals surface area (Å²) >= 11 is 1.05. The van der Waals surface area contributed by atoms with Crippen molar-refractivity contribution < 1.29 is 23.5 Å². The molecule has 5 nitrogen and oxygen atoms in total. The lowest BCUT2D eigenvalue weighted by Gasteiger charge is -2.11. The summed E-state index contributed by atoms with van der Waals surface area (Å²) in [6.45, 7) is 1.86. The Balaban J connectivity index is 2.00. The summed E-state index contributed by atoms with van der Waals surface area (Å²) in [5, 5.41) is 2.80. The molecule has 0 spiro atoms. The first-order valence-electron chi connectivity index (χ1n) is 7.94. The highest BCUT2D eigenvalue weighted by Gasteiger charge is 2.31. The lowest BCUT2D eigenvalue weighted by molar-refractivity contribution is 0.0527. The van der Waals surface area contributed by atoms with E-state index < -0.39 is 17.7 Å². The standard InChI is InChI=1S/C18H16FNO4S/c1-2-24-18(23)14-11-7-5-9-13(21)15(11)25-17(14)20-16(22)10-6-3-4-8-12(10)19/h3-4,6,8H,2,5,7,9H2,1H3,(H,20,22). The van der Waals surface area contributed by atoms with Crippen LogP contribution < -0.4 is 5.32 Å². The van der Waals surface area contributed by atoms with Crippen LogP contribution in [0.4, 0.5) is 9.39 Å². The number of Topliss-reactive ketones (excluding diaryl/α,β-unsaturated/α-hetero) is 1. The Kier molecular flexibility index (Phi) is 4.94. The predicted octanol–water partition coefficient (Wildman–Crippen LogP) is 3.84. The summed E-state index contributed by atoms with van der Waals surface area (Å²) in [4.78, 5) is 37.3. The maximum atomic E-state index is 13.8. The van der Waals surface area contributed by atoms with E-state index in [0.717, 1.165) is 11.3 Å². The number of ketones is 1. The third-order valence-electron chi connectivity index (χ3n) is 3.92. The van der Waals surface area contributed by atoms with Crippen LogP contribution in [-0.4, -0.2) is 24.3 Å². The topological polar surface area (TPSA) is 72.5 Å². The minimum atomic E-state index is -0.672. The number of benzene rings is 1. The first-order valence-corrected chi connectivity index (χ1v) is 8.76. The van der Waals surface area contributed by atoms with Crippen LogP contribution in [-0.2, 0) is 11.2 Å². The molecule has 0 saturated heterocycles. The number of nitrogens with one attached hydrogen (secondary N) is 1. The van der Waals surface area contributed by atoms with E-state index >= 15 is 0 Å². The molecule has 1 aromatic heterocycles. The fraction of sp³-hybridized carbons (Fsp3) is 0.278. The monoisotopic (exact) mass is 361 g/mol. The SMILES string of the molecule is CCOC(=O)c1c(NC(=O)c2ccccc2F)sc2c1CCCC2=O. The number of anilines is 1. The Bertz CT molecular complexity index is 859. The molecular formula is C18H16FNO4S. The van der Waals surface area contributed by atoms with E-state index in [1.165, 1.54) is 18.2 Å². The summed E-state index contributed by atoms with van der Waals surface area (Å²) in [6.07, 6.45) is 1.63. The third kappa shape index (κ3) is 3.32. The van der Waals surface area contributed by atoms with Gasteiger partial charge in [-0.25, -0.2) is 9.18 Å². The van der Waals surface area contributed by atoms with Crippen LogP contribution >= 0.6 is 11.3 Å². The second-order valence-electron chi connectivity index (χ2n) is 5.55. The van der Waals surface area contributed by atoms with E-state index in [-0.39, 0.29) is 28.5 Å². The molecule has 2 aromatic rings. The molecule has 1 amide bonds. The number of hydrogen-bond acceptors (Lipinski definition) is 5. The largest absolute Gasteiger partial charge is 0.462 e. The minimum absolute atomic E-state index is 0.0526. The molecule has 1 aliphatic rings. The molecule has 130 valence electrons. The highest BCUT2D eigenvalue weighted by molar-refractivity contribution is 7.18. The molecule has 0 radical (unpaired) electrons. The second-order valence-corrected chi connectivity index (χ2v) is 6.57. The van der Waals surface area contributed by atoms with Gasteiger partial charge in [-0.1, -0.05) is 12.1 Å². The van der Waals surface area contributed by atoms with Gasteiger partial charge in [-0.3, -0.25) is 9.59 Å². The molecule has 0 saturated carbocycles. The van der Waals surface area contributed by atoms with Gasteiger partial charge in [-0.05, 0) is 37.5 Å². The zero-order chi connectivity index (χ0) is 18.0. The van der Waals surface area contributed by atoms with E-state index in [0.29, 0.717) is 29.7 Å². The maximum Gasteiger partial charge on any atom is 0.341 e. The number of esters is 1. The van der Waals surface area contributed by atoms with Crippen molar-refractivity contribution in [1.82, 2.24) is 0 Å². The average molecular weight is 361 g/mol. The zero-order valence-corrected chi connectivity index (χ0v) is 14.4. The van der Waals surface area contributed by atoms with Gasteiger partial charge in [-0.2, -0.15) is 0 Å². The van der Waals surface area contributed by atoms with Gasteiger partial charge < -0.3 is 10.1 Å². The van der Waals surface area contributed by atoms with Gasteiger partial charge in [0, 0.05) is 6.42 Å². The number of carbonyl (C=O) groups excluding carboxylic acids is 3. The number of rotatable bonds is 4. The number of carbonyl (C=O) groups is 3. The fourth-order valence-corrected chi connectivity index (χ4v) is 3.99. The molecule has 1 aliphatic carbocycles. The Labute approximate surface area is 147 Å². The van der Waals surface area contributed by atoms with E-state index in [9.17, 15) is 18.8 Å². The Morgan fingerprint density at radius 3 is 2.76 bits per heavy atom. The molecule has 1 N–H and O–H groups in total. The van der Waals surface area contributed by atoms with Gasteiger partial charge >= 0.3 is 5.97 Å². The minimum Gasteiger partial charge on any atom is -0.462 e.